The van der Waals surface area contributed by atoms with E-state index in [0.717, 1.165) is 58.9 Å². The second-order valence-electron chi connectivity index (χ2n) is 19.3. The fraction of sp³-hybridized carbons (Fsp3) is 0.464. The van der Waals surface area contributed by atoms with Crippen molar-refractivity contribution in [1.82, 2.24) is 29.4 Å². The molecule has 4 N–H and O–H groups in total. The summed E-state index contributed by atoms with van der Waals surface area (Å²) in [6.07, 6.45) is 2.77. The van der Waals surface area contributed by atoms with Crippen LogP contribution in [-0.4, -0.2) is 142 Å². The van der Waals surface area contributed by atoms with Crippen LogP contribution < -0.4 is 11.5 Å². The maximum absolute atomic E-state index is 14.4. The van der Waals surface area contributed by atoms with Crippen LogP contribution in [0.15, 0.2) is 97.1 Å². The second-order valence-corrected chi connectivity index (χ2v) is 19.3. The van der Waals surface area contributed by atoms with Gasteiger partial charge in [-0.25, -0.2) is 18.4 Å². The fourth-order valence-corrected chi connectivity index (χ4v) is 10.3. The summed E-state index contributed by atoms with van der Waals surface area (Å²) >= 11 is 0. The number of unbranched alkanes of at least 4 members (excludes halogenated alkanes) is 2. The average Bonchev–Trinajstić information content (AvgIpc) is 3.39. The molecule has 8 rings (SSSR count). The summed E-state index contributed by atoms with van der Waals surface area (Å²) in [4.78, 5) is 88.9. The molecule has 4 atom stereocenters. The Morgan fingerprint density at radius 2 is 1.04 bits per heavy atom. The molecule has 4 aliphatic rings. The quantitative estimate of drug-likeness (QED) is 0.105. The molecule has 396 valence electrons. The number of hydrogen-bond donors (Lipinski definition) is 2. The average molecular weight is 1020 g/mol. The number of halogens is 2. The summed E-state index contributed by atoms with van der Waals surface area (Å²) in [5.74, 6) is -1.98. The summed E-state index contributed by atoms with van der Waals surface area (Å²) < 4.78 is 39.5. The zero-order valence-corrected chi connectivity index (χ0v) is 42.5. The number of fused-ring (bicyclic) bond motifs is 2. The number of rotatable bonds is 18. The van der Waals surface area contributed by atoms with Gasteiger partial charge >= 0.3 is 12.2 Å². The highest BCUT2D eigenvalue weighted by Crippen LogP contribution is 2.32. The standard InChI is InChI=1S/C28H34F2N4O4.C28H36N4O4/c1-19-6-2-3-7-20(19)12-15-38-28(37)33-14-11-26(35)34-24(8-4-5-13-31)27(36)32(18-25(33)34)17-21-16-22(29)9-10-23(21)30;1-21-9-5-6-12-23(21)15-18-36-28(35)31-17-14-26(33)32-24(13-7-8-16-29)27(34)30(20-25(31)32)19-22-10-3-2-4-11-22/h2-3,6-7,9-10,16,24-25H,4-5,8,11-15,17-18,31H2,1H3;2-6,9-12,24-25H,7-8,13-20,29H2,1H3/t2*24?,25-/m11/s1. The highest BCUT2D eigenvalue weighted by Gasteiger charge is 2.50. The van der Waals surface area contributed by atoms with Crippen molar-refractivity contribution >= 4 is 35.8 Å². The molecule has 0 bridgehead atoms. The van der Waals surface area contributed by atoms with E-state index in [9.17, 15) is 37.5 Å². The van der Waals surface area contributed by atoms with Crippen molar-refractivity contribution in [2.45, 2.75) is 116 Å². The van der Waals surface area contributed by atoms with Gasteiger partial charge in [0.25, 0.3) is 0 Å². The lowest BCUT2D eigenvalue weighted by atomic mass is 9.98. The van der Waals surface area contributed by atoms with Crippen LogP contribution in [0.25, 0.3) is 0 Å². The predicted octanol–water partition coefficient (Wildman–Crippen LogP) is 6.43. The first-order valence-electron chi connectivity index (χ1n) is 25.8. The van der Waals surface area contributed by atoms with Gasteiger partial charge in [0.1, 0.15) is 36.0 Å². The monoisotopic (exact) mass is 1020 g/mol. The molecule has 4 aliphatic heterocycles. The molecule has 4 fully saturated rings. The molecule has 4 aromatic carbocycles. The molecule has 2 unspecified atom stereocenters. The van der Waals surface area contributed by atoms with Crippen molar-refractivity contribution in [2.24, 2.45) is 11.5 Å². The lowest BCUT2D eigenvalue weighted by Gasteiger charge is -2.52. The van der Waals surface area contributed by atoms with Gasteiger partial charge in [-0.1, -0.05) is 78.9 Å². The SMILES string of the molecule is Cc1ccccc1CCOC(=O)N1CCC(=O)N2C(CCCCN)C(=O)N(Cc3cc(F)ccc3F)C[C@H]12.Cc1ccccc1CCOC(=O)N1CCC(=O)N2C(CCCCN)C(=O)N(Cc3ccccc3)C[C@H]12. The summed E-state index contributed by atoms with van der Waals surface area (Å²) in [5.41, 5.74) is 16.8. The Morgan fingerprint density at radius 1 is 0.581 bits per heavy atom. The molecule has 74 heavy (non-hydrogen) atoms. The molecular weight excluding hydrogens is 951 g/mol. The summed E-state index contributed by atoms with van der Waals surface area (Å²) in [5, 5.41) is 0. The normalized spacial score (nSPS) is 19.7. The van der Waals surface area contributed by atoms with Crippen molar-refractivity contribution in [3.63, 3.8) is 0 Å². The van der Waals surface area contributed by atoms with Gasteiger partial charge in [0.2, 0.25) is 23.6 Å². The zero-order valence-electron chi connectivity index (χ0n) is 42.5. The number of carbonyl (C=O) groups excluding carboxylic acids is 6. The van der Waals surface area contributed by atoms with E-state index < -0.39 is 48.2 Å². The third-order valence-corrected chi connectivity index (χ3v) is 14.3. The third kappa shape index (κ3) is 13.6. The molecule has 18 heteroatoms. The molecule has 0 aliphatic carbocycles. The molecule has 4 saturated heterocycles. The summed E-state index contributed by atoms with van der Waals surface area (Å²) in [6.45, 7) is 6.35. The minimum Gasteiger partial charge on any atom is -0.449 e. The Morgan fingerprint density at radius 3 is 1.51 bits per heavy atom. The number of carbonyl (C=O) groups is 6. The Balaban J connectivity index is 0.000000217. The van der Waals surface area contributed by atoms with Gasteiger partial charge in [-0.05, 0) is 111 Å². The molecule has 0 aromatic heterocycles. The molecule has 0 radical (unpaired) electrons. The predicted molar refractivity (Wildman–Crippen MR) is 273 cm³/mol. The first-order valence-corrected chi connectivity index (χ1v) is 25.8. The molecule has 6 amide bonds. The van der Waals surface area contributed by atoms with Gasteiger partial charge in [0.05, 0.1) is 26.3 Å². The Kier molecular flexibility index (Phi) is 19.5. The molecule has 4 heterocycles. The van der Waals surface area contributed by atoms with Gasteiger partial charge in [-0.2, -0.15) is 0 Å². The van der Waals surface area contributed by atoms with Crippen LogP contribution in [0.3, 0.4) is 0 Å². The topological polar surface area (TPSA) is 192 Å². The molecular formula is C56H70F2N8O8. The number of hydrogen-bond acceptors (Lipinski definition) is 10. The number of amides is 6. The highest BCUT2D eigenvalue weighted by atomic mass is 19.1. The second kappa shape index (κ2) is 26.3. The minimum atomic E-state index is -0.827. The van der Waals surface area contributed by atoms with Gasteiger partial charge in [0, 0.05) is 57.4 Å². The molecule has 0 spiro atoms. The molecule has 16 nitrogen and oxygen atoms in total. The van der Waals surface area contributed by atoms with E-state index in [4.69, 9.17) is 20.9 Å². The van der Waals surface area contributed by atoms with E-state index in [0.29, 0.717) is 58.2 Å². The van der Waals surface area contributed by atoms with Gasteiger partial charge in [-0.15, -0.1) is 0 Å². The highest BCUT2D eigenvalue weighted by molar-refractivity contribution is 5.91. The van der Waals surface area contributed by atoms with Crippen molar-refractivity contribution < 1.29 is 47.0 Å². The largest absolute Gasteiger partial charge is 0.449 e. The van der Waals surface area contributed by atoms with Crippen LogP contribution in [0, 0.1) is 25.5 Å². The minimum absolute atomic E-state index is 0.0270. The number of piperazine rings is 2. The van der Waals surface area contributed by atoms with Crippen molar-refractivity contribution in [2.75, 3.05) is 52.5 Å². The Labute approximate surface area is 432 Å². The van der Waals surface area contributed by atoms with E-state index in [1.807, 2.05) is 92.7 Å². The first kappa shape index (κ1) is 54.8. The van der Waals surface area contributed by atoms with Crippen molar-refractivity contribution in [1.29, 1.82) is 0 Å². The lowest BCUT2D eigenvalue weighted by Crippen LogP contribution is -2.71. The smallest absolute Gasteiger partial charge is 0.411 e. The van der Waals surface area contributed by atoms with Crippen LogP contribution in [0.5, 0.6) is 0 Å². The third-order valence-electron chi connectivity index (χ3n) is 14.3. The number of nitrogens with zero attached hydrogens (tertiary/aromatic N) is 6. The lowest BCUT2D eigenvalue weighted by molar-refractivity contribution is -0.169. The number of aryl methyl sites for hydroxylation is 2. The number of nitrogens with two attached hydrogens (primary N) is 2. The summed E-state index contributed by atoms with van der Waals surface area (Å²) in [7, 11) is 0. The summed E-state index contributed by atoms with van der Waals surface area (Å²) in [6, 6.07) is 27.3. The molecule has 0 saturated carbocycles. The zero-order chi connectivity index (χ0) is 52.7. The van der Waals surface area contributed by atoms with E-state index in [1.54, 1.807) is 14.7 Å². The van der Waals surface area contributed by atoms with Gasteiger partial charge in [-0.3, -0.25) is 29.0 Å². The Hall–Kier alpha value is -6.92. The van der Waals surface area contributed by atoms with Gasteiger partial charge < -0.3 is 40.5 Å². The van der Waals surface area contributed by atoms with E-state index in [-0.39, 0.29) is 88.0 Å². The van der Waals surface area contributed by atoms with Crippen LogP contribution >= 0.6 is 0 Å². The van der Waals surface area contributed by atoms with Crippen LogP contribution in [0.1, 0.15) is 84.7 Å². The van der Waals surface area contributed by atoms with Gasteiger partial charge in [0.15, 0.2) is 0 Å². The fourth-order valence-electron chi connectivity index (χ4n) is 10.3. The van der Waals surface area contributed by atoms with Crippen molar-refractivity contribution in [3.05, 3.63) is 142 Å². The van der Waals surface area contributed by atoms with E-state index in [1.165, 1.54) is 14.7 Å². The maximum Gasteiger partial charge on any atom is 0.411 e. The number of benzene rings is 4. The van der Waals surface area contributed by atoms with E-state index >= 15 is 0 Å². The maximum atomic E-state index is 14.4. The van der Waals surface area contributed by atoms with Crippen LogP contribution in [0.2, 0.25) is 0 Å². The molecule has 4 aromatic rings. The Bertz CT molecular complexity index is 2590. The van der Waals surface area contributed by atoms with E-state index in [2.05, 4.69) is 0 Å². The van der Waals surface area contributed by atoms with Crippen LogP contribution in [-0.2, 0) is 54.6 Å². The number of ether oxygens (including phenoxy) is 2. The van der Waals surface area contributed by atoms with Crippen molar-refractivity contribution in [3.8, 4) is 0 Å². The first-order chi connectivity index (χ1) is 35.8. The van der Waals surface area contributed by atoms with Crippen LogP contribution in [0.4, 0.5) is 18.4 Å².